The number of carbonyl (C=O) groups excluding carboxylic acids is 3. The Morgan fingerprint density at radius 2 is 1.81 bits per heavy atom. The Bertz CT molecular complexity index is 756. The number of anilines is 2. The first-order valence-corrected chi connectivity index (χ1v) is 8.53. The van der Waals surface area contributed by atoms with E-state index in [4.69, 9.17) is 14.2 Å². The molecule has 0 fully saturated rings. The molecule has 0 aliphatic carbocycles. The zero-order valence-electron chi connectivity index (χ0n) is 15.9. The fourth-order valence-corrected chi connectivity index (χ4v) is 2.72. The highest BCUT2D eigenvalue weighted by Crippen LogP contribution is 2.32. The van der Waals surface area contributed by atoms with Crippen molar-refractivity contribution in [2.24, 2.45) is 5.92 Å². The summed E-state index contributed by atoms with van der Waals surface area (Å²) < 4.78 is 15.1. The van der Waals surface area contributed by atoms with Crippen LogP contribution in [0, 0.1) is 5.92 Å². The standard InChI is InChI=1S/C19H24N2O6/c1-12(2)9-16(22)20-14-7-5-6-8-15(14)21-11-27-10-13(18(23)25-3)17(21)19(24)26-4/h5-8,12H,9-11H2,1-4H3,(H,20,22). The summed E-state index contributed by atoms with van der Waals surface area (Å²) in [5.74, 6) is -1.32. The molecule has 1 heterocycles. The number of ether oxygens (including phenoxy) is 3. The lowest BCUT2D eigenvalue weighted by Crippen LogP contribution is -2.39. The third-order valence-electron chi connectivity index (χ3n) is 3.90. The van der Waals surface area contributed by atoms with Crippen molar-refractivity contribution >= 4 is 29.2 Å². The van der Waals surface area contributed by atoms with Crippen molar-refractivity contribution in [2.75, 3.05) is 37.8 Å². The largest absolute Gasteiger partial charge is 0.466 e. The van der Waals surface area contributed by atoms with Crippen LogP contribution in [0.15, 0.2) is 35.5 Å². The van der Waals surface area contributed by atoms with Gasteiger partial charge in [0.15, 0.2) is 0 Å². The highest BCUT2D eigenvalue weighted by molar-refractivity contribution is 6.04. The van der Waals surface area contributed by atoms with Gasteiger partial charge in [-0.1, -0.05) is 26.0 Å². The second-order valence-electron chi connectivity index (χ2n) is 6.38. The van der Waals surface area contributed by atoms with Gasteiger partial charge < -0.3 is 24.4 Å². The summed E-state index contributed by atoms with van der Waals surface area (Å²) >= 11 is 0. The van der Waals surface area contributed by atoms with Crippen molar-refractivity contribution in [1.29, 1.82) is 0 Å². The molecular formula is C19H24N2O6. The van der Waals surface area contributed by atoms with Crippen LogP contribution < -0.4 is 10.2 Å². The number of nitrogens with one attached hydrogen (secondary N) is 1. The molecular weight excluding hydrogens is 352 g/mol. The predicted molar refractivity (Wildman–Crippen MR) is 98.9 cm³/mol. The van der Waals surface area contributed by atoms with E-state index in [1.165, 1.54) is 19.1 Å². The number of methoxy groups -OCH3 is 2. The van der Waals surface area contributed by atoms with Gasteiger partial charge in [0, 0.05) is 6.42 Å². The van der Waals surface area contributed by atoms with Gasteiger partial charge in [0.25, 0.3) is 0 Å². The lowest BCUT2D eigenvalue weighted by atomic mass is 10.1. The van der Waals surface area contributed by atoms with Crippen LogP contribution in [-0.2, 0) is 28.6 Å². The maximum absolute atomic E-state index is 12.4. The number of esters is 2. The number of benzene rings is 1. The molecule has 0 aromatic heterocycles. The molecule has 1 amide bonds. The Hall–Kier alpha value is -2.87. The Balaban J connectivity index is 2.47. The van der Waals surface area contributed by atoms with Gasteiger partial charge >= 0.3 is 11.9 Å². The summed E-state index contributed by atoms with van der Waals surface area (Å²) in [5.41, 5.74) is 1.09. The van der Waals surface area contributed by atoms with Gasteiger partial charge in [-0.2, -0.15) is 0 Å². The third-order valence-corrected chi connectivity index (χ3v) is 3.90. The molecule has 27 heavy (non-hydrogen) atoms. The Labute approximate surface area is 158 Å². The van der Waals surface area contributed by atoms with Crippen LogP contribution in [0.5, 0.6) is 0 Å². The molecule has 2 rings (SSSR count). The molecule has 0 saturated heterocycles. The van der Waals surface area contributed by atoms with Crippen LogP contribution >= 0.6 is 0 Å². The first-order chi connectivity index (χ1) is 12.9. The van der Waals surface area contributed by atoms with Crippen LogP contribution in [0.1, 0.15) is 20.3 Å². The van der Waals surface area contributed by atoms with E-state index in [1.54, 1.807) is 24.3 Å². The lowest BCUT2D eigenvalue weighted by molar-refractivity contribution is -0.140. The van der Waals surface area contributed by atoms with Crippen molar-refractivity contribution < 1.29 is 28.6 Å². The summed E-state index contributed by atoms with van der Waals surface area (Å²) in [7, 11) is 2.46. The van der Waals surface area contributed by atoms with Gasteiger partial charge in [0.2, 0.25) is 5.91 Å². The van der Waals surface area contributed by atoms with Crippen molar-refractivity contribution in [1.82, 2.24) is 0 Å². The molecule has 146 valence electrons. The van der Waals surface area contributed by atoms with E-state index in [9.17, 15) is 14.4 Å². The van der Waals surface area contributed by atoms with Crippen LogP contribution in [-0.4, -0.2) is 45.4 Å². The minimum Gasteiger partial charge on any atom is -0.466 e. The molecule has 1 N–H and O–H groups in total. The van der Waals surface area contributed by atoms with Crippen LogP contribution in [0.4, 0.5) is 11.4 Å². The number of para-hydroxylation sites is 2. The topological polar surface area (TPSA) is 94.2 Å². The molecule has 0 saturated carbocycles. The second kappa shape index (κ2) is 9.18. The Morgan fingerprint density at radius 1 is 1.15 bits per heavy atom. The molecule has 8 heteroatoms. The number of amides is 1. The Kier molecular flexibility index (Phi) is 6.95. The van der Waals surface area contributed by atoms with Crippen LogP contribution in [0.3, 0.4) is 0 Å². The molecule has 1 aliphatic heterocycles. The van der Waals surface area contributed by atoms with Crippen molar-refractivity contribution in [3.05, 3.63) is 35.5 Å². The van der Waals surface area contributed by atoms with Gasteiger partial charge in [-0.15, -0.1) is 0 Å². The molecule has 0 spiro atoms. The Morgan fingerprint density at radius 3 is 2.44 bits per heavy atom. The zero-order valence-corrected chi connectivity index (χ0v) is 15.9. The minimum absolute atomic E-state index is 0.0159. The first-order valence-electron chi connectivity index (χ1n) is 8.53. The van der Waals surface area contributed by atoms with Gasteiger partial charge in [-0.05, 0) is 18.1 Å². The summed E-state index contributed by atoms with van der Waals surface area (Å²) in [6.45, 7) is 3.84. The molecule has 1 aromatic rings. The molecule has 1 aliphatic rings. The highest BCUT2D eigenvalue weighted by atomic mass is 16.5. The van der Waals surface area contributed by atoms with Gasteiger partial charge in [-0.25, -0.2) is 9.59 Å². The maximum atomic E-state index is 12.4. The van der Waals surface area contributed by atoms with Crippen LogP contribution in [0.2, 0.25) is 0 Å². The average Bonchev–Trinajstić information content (AvgIpc) is 2.65. The zero-order chi connectivity index (χ0) is 20.0. The smallest absolute Gasteiger partial charge is 0.355 e. The van der Waals surface area contributed by atoms with Crippen LogP contribution in [0.25, 0.3) is 0 Å². The quantitative estimate of drug-likeness (QED) is 0.760. The summed E-state index contributed by atoms with van der Waals surface area (Å²) in [5, 5.41) is 2.85. The average molecular weight is 376 g/mol. The number of hydrogen-bond acceptors (Lipinski definition) is 7. The van der Waals surface area contributed by atoms with E-state index in [1.807, 2.05) is 13.8 Å². The fraction of sp³-hybridized carbons (Fsp3) is 0.421. The fourth-order valence-electron chi connectivity index (χ4n) is 2.72. The predicted octanol–water partition coefficient (Wildman–Crippen LogP) is 2.07. The van der Waals surface area contributed by atoms with E-state index in [0.29, 0.717) is 17.8 Å². The van der Waals surface area contributed by atoms with Crippen molar-refractivity contribution in [3.8, 4) is 0 Å². The highest BCUT2D eigenvalue weighted by Gasteiger charge is 2.33. The number of hydrogen-bond donors (Lipinski definition) is 1. The lowest BCUT2D eigenvalue weighted by Gasteiger charge is -2.32. The van der Waals surface area contributed by atoms with E-state index in [-0.39, 0.29) is 36.4 Å². The summed E-state index contributed by atoms with van der Waals surface area (Å²) in [4.78, 5) is 38.2. The molecule has 0 bridgehead atoms. The van der Waals surface area contributed by atoms with E-state index >= 15 is 0 Å². The maximum Gasteiger partial charge on any atom is 0.355 e. The molecule has 0 radical (unpaired) electrons. The normalized spacial score (nSPS) is 14.2. The second-order valence-corrected chi connectivity index (χ2v) is 6.38. The number of nitrogens with zero attached hydrogens (tertiary/aromatic N) is 1. The van der Waals surface area contributed by atoms with E-state index < -0.39 is 11.9 Å². The number of carbonyl (C=O) groups is 3. The summed E-state index contributed by atoms with van der Waals surface area (Å²) in [6, 6.07) is 6.96. The minimum atomic E-state index is -0.693. The molecule has 8 nitrogen and oxygen atoms in total. The van der Waals surface area contributed by atoms with E-state index in [0.717, 1.165) is 0 Å². The SMILES string of the molecule is COC(=O)C1=C(C(=O)OC)N(c2ccccc2NC(=O)CC(C)C)COC1. The molecule has 0 unspecified atom stereocenters. The van der Waals surface area contributed by atoms with Gasteiger partial charge in [0.05, 0.1) is 37.8 Å². The third kappa shape index (κ3) is 4.85. The number of rotatable bonds is 6. The van der Waals surface area contributed by atoms with Crippen molar-refractivity contribution in [2.45, 2.75) is 20.3 Å². The molecule has 0 atom stereocenters. The first kappa shape index (κ1) is 20.4. The van der Waals surface area contributed by atoms with Gasteiger partial charge in [-0.3, -0.25) is 4.79 Å². The monoisotopic (exact) mass is 376 g/mol. The summed E-state index contributed by atoms with van der Waals surface area (Å²) in [6.07, 6.45) is 0.359. The van der Waals surface area contributed by atoms with Crippen molar-refractivity contribution in [3.63, 3.8) is 0 Å². The van der Waals surface area contributed by atoms with Gasteiger partial charge in [0.1, 0.15) is 12.4 Å². The molecule has 1 aromatic carbocycles. The van der Waals surface area contributed by atoms with E-state index in [2.05, 4.69) is 5.32 Å².